The highest BCUT2D eigenvalue weighted by atomic mass is 16.6. The summed E-state index contributed by atoms with van der Waals surface area (Å²) in [5, 5.41) is 36.6. The molecule has 4 aromatic carbocycles. The summed E-state index contributed by atoms with van der Waals surface area (Å²) in [6.07, 6.45) is 0. The number of hydrogen-bond donors (Lipinski definition) is 4. The van der Waals surface area contributed by atoms with Crippen LogP contribution in [0.25, 0.3) is 0 Å². The Bertz CT molecular complexity index is 1450. The monoisotopic (exact) mass is 560 g/mol. The van der Waals surface area contributed by atoms with Crippen molar-refractivity contribution in [3.05, 3.63) is 106 Å². The van der Waals surface area contributed by atoms with E-state index in [9.17, 15) is 20.2 Å². The van der Waals surface area contributed by atoms with Crippen molar-refractivity contribution in [1.82, 2.24) is 0 Å². The zero-order valence-corrected chi connectivity index (χ0v) is 21.5. The molecule has 41 heavy (non-hydrogen) atoms. The number of nitrogen functional groups attached to an aromatic ring is 1. The number of ether oxygens (including phenoxy) is 2. The molecule has 212 valence electrons. The van der Waals surface area contributed by atoms with Crippen LogP contribution in [0.15, 0.2) is 84.9 Å². The van der Waals surface area contributed by atoms with Gasteiger partial charge in [-0.15, -0.1) is 0 Å². The van der Waals surface area contributed by atoms with Gasteiger partial charge in [0.15, 0.2) is 0 Å². The summed E-state index contributed by atoms with van der Waals surface area (Å²) in [6, 6.07) is 23.8. The van der Waals surface area contributed by atoms with Crippen molar-refractivity contribution in [3.8, 4) is 23.0 Å². The van der Waals surface area contributed by atoms with Crippen LogP contribution in [0.4, 0.5) is 11.4 Å². The number of nitrogens with two attached hydrogens (primary N) is 1. The third kappa shape index (κ3) is 7.84. The second-order valence-electron chi connectivity index (χ2n) is 8.57. The first kappa shape index (κ1) is 31.1. The maximum atomic E-state index is 10.6. The Morgan fingerprint density at radius 3 is 1.54 bits per heavy atom. The van der Waals surface area contributed by atoms with Gasteiger partial charge in [-0.05, 0) is 82.7 Å². The van der Waals surface area contributed by atoms with Crippen LogP contribution < -0.4 is 26.1 Å². The molecule has 0 aliphatic carbocycles. The van der Waals surface area contributed by atoms with E-state index in [0.717, 1.165) is 40.7 Å². The average molecular weight is 560 g/mol. The van der Waals surface area contributed by atoms with Crippen LogP contribution in [0.3, 0.4) is 0 Å². The third-order valence-corrected chi connectivity index (χ3v) is 5.95. The van der Waals surface area contributed by atoms with Crippen molar-refractivity contribution in [3.63, 3.8) is 0 Å². The molecule has 6 rings (SSSR count). The third-order valence-electron chi connectivity index (χ3n) is 5.95. The fourth-order valence-corrected chi connectivity index (χ4v) is 3.98. The predicted molar refractivity (Wildman–Crippen MR) is 157 cm³/mol. The number of non-ortho nitro benzene ring substituents is 1. The lowest BCUT2D eigenvalue weighted by molar-refractivity contribution is -0.384. The normalized spacial score (nSPS) is 12.5. The minimum absolute atomic E-state index is 0. The Morgan fingerprint density at radius 1 is 0.732 bits per heavy atom. The first-order valence-corrected chi connectivity index (χ1v) is 12.1. The van der Waals surface area contributed by atoms with Gasteiger partial charge in [0, 0.05) is 24.9 Å². The zero-order chi connectivity index (χ0) is 28.6. The van der Waals surface area contributed by atoms with Crippen LogP contribution in [0.5, 0.6) is 23.0 Å². The van der Waals surface area contributed by atoms with Crippen molar-refractivity contribution >= 4 is 36.5 Å². The number of fused-ring (bicyclic) bond motifs is 2. The van der Waals surface area contributed by atoms with E-state index < -0.39 is 19.2 Å². The van der Waals surface area contributed by atoms with Crippen molar-refractivity contribution in [2.75, 3.05) is 12.8 Å². The van der Waals surface area contributed by atoms with Gasteiger partial charge in [0.25, 0.3) is 5.69 Å². The number of rotatable bonds is 5. The van der Waals surface area contributed by atoms with E-state index in [1.165, 1.54) is 24.3 Å². The van der Waals surface area contributed by atoms with Crippen molar-refractivity contribution in [2.24, 2.45) is 0 Å². The molecular weight excluding hydrogens is 530 g/mol. The summed E-state index contributed by atoms with van der Waals surface area (Å²) in [4.78, 5) is 10.1. The number of aliphatic hydroxyl groups is 1. The molecule has 0 radical (unpaired) electrons. The first-order chi connectivity index (χ1) is 19.4. The first-order valence-electron chi connectivity index (χ1n) is 12.1. The second kappa shape index (κ2) is 14.3. The van der Waals surface area contributed by atoms with Gasteiger partial charge in [-0.2, -0.15) is 0 Å². The SMILES string of the molecule is C.CO.Nc1ccc(Oc2ccc3c(c2)COB3O)cc1.O=[N+]([O-])c1ccc(Oc2ccc3c(c2)COB3O)cc1. The van der Waals surface area contributed by atoms with E-state index in [2.05, 4.69) is 0 Å². The van der Waals surface area contributed by atoms with Gasteiger partial charge in [0.1, 0.15) is 23.0 Å². The van der Waals surface area contributed by atoms with Gasteiger partial charge >= 0.3 is 14.2 Å². The summed E-state index contributed by atoms with van der Waals surface area (Å²) >= 11 is 0. The van der Waals surface area contributed by atoms with Crippen LogP contribution >= 0.6 is 0 Å². The highest BCUT2D eigenvalue weighted by molar-refractivity contribution is 6.62. The highest BCUT2D eigenvalue weighted by Crippen LogP contribution is 2.26. The van der Waals surface area contributed by atoms with Gasteiger partial charge < -0.3 is 39.7 Å². The molecule has 11 nitrogen and oxygen atoms in total. The summed E-state index contributed by atoms with van der Waals surface area (Å²) < 4.78 is 21.5. The van der Waals surface area contributed by atoms with Crippen molar-refractivity contribution in [2.45, 2.75) is 20.6 Å². The fraction of sp³-hybridized carbons (Fsp3) is 0.143. The Morgan fingerprint density at radius 2 is 1.12 bits per heavy atom. The number of nitro benzene ring substituents is 1. The van der Waals surface area contributed by atoms with E-state index in [0.29, 0.717) is 30.4 Å². The molecule has 0 saturated heterocycles. The fourth-order valence-electron chi connectivity index (χ4n) is 3.98. The molecule has 0 saturated carbocycles. The number of hydrogen-bond acceptors (Lipinski definition) is 10. The lowest BCUT2D eigenvalue weighted by Crippen LogP contribution is -2.27. The predicted octanol–water partition coefficient (Wildman–Crippen LogP) is 3.13. The molecule has 0 bridgehead atoms. The summed E-state index contributed by atoms with van der Waals surface area (Å²) in [5.41, 5.74) is 9.70. The molecule has 0 fully saturated rings. The highest BCUT2D eigenvalue weighted by Gasteiger charge is 2.28. The van der Waals surface area contributed by atoms with Crippen molar-refractivity contribution < 1.29 is 38.9 Å². The lowest BCUT2D eigenvalue weighted by Gasteiger charge is -2.07. The second-order valence-corrected chi connectivity index (χ2v) is 8.57. The molecule has 0 spiro atoms. The van der Waals surface area contributed by atoms with Gasteiger partial charge in [0.05, 0.1) is 18.1 Å². The van der Waals surface area contributed by atoms with E-state index in [4.69, 9.17) is 29.6 Å². The van der Waals surface area contributed by atoms with Crippen LogP contribution in [0, 0.1) is 10.1 Å². The van der Waals surface area contributed by atoms with Crippen LogP contribution in [-0.2, 0) is 22.5 Å². The molecule has 0 atom stereocenters. The van der Waals surface area contributed by atoms with Gasteiger partial charge in [-0.25, -0.2) is 0 Å². The number of nitro groups is 1. The van der Waals surface area contributed by atoms with Crippen LogP contribution in [0.1, 0.15) is 18.6 Å². The molecule has 0 unspecified atom stereocenters. The number of benzene rings is 4. The van der Waals surface area contributed by atoms with E-state index in [-0.39, 0.29) is 13.1 Å². The summed E-state index contributed by atoms with van der Waals surface area (Å²) in [7, 11) is -0.691. The van der Waals surface area contributed by atoms with Gasteiger partial charge in [0.2, 0.25) is 0 Å². The van der Waals surface area contributed by atoms with Gasteiger partial charge in [-0.3, -0.25) is 10.1 Å². The minimum Gasteiger partial charge on any atom is -0.457 e. The average Bonchev–Trinajstić information content (AvgIpc) is 3.53. The number of aliphatic hydroxyl groups excluding tert-OH is 1. The van der Waals surface area contributed by atoms with E-state index in [1.54, 1.807) is 30.3 Å². The van der Waals surface area contributed by atoms with Crippen LogP contribution in [0.2, 0.25) is 0 Å². The Balaban J connectivity index is 0.000000209. The molecule has 0 aromatic heterocycles. The lowest BCUT2D eigenvalue weighted by atomic mass is 9.80. The van der Waals surface area contributed by atoms with Crippen LogP contribution in [-0.4, -0.2) is 41.4 Å². The quantitative estimate of drug-likeness (QED) is 0.123. The Labute approximate surface area is 238 Å². The smallest absolute Gasteiger partial charge is 0.457 e. The topological polar surface area (TPSA) is 167 Å². The van der Waals surface area contributed by atoms with E-state index in [1.807, 2.05) is 30.3 Å². The summed E-state index contributed by atoms with van der Waals surface area (Å²) in [6.45, 7) is 0.753. The Kier molecular flexibility index (Phi) is 10.9. The molecule has 5 N–H and O–H groups in total. The zero-order valence-electron chi connectivity index (χ0n) is 21.5. The maximum Gasteiger partial charge on any atom is 0.491 e. The largest absolute Gasteiger partial charge is 0.491 e. The standard InChI is InChI=1S/C13H10BNO5.C13H12BNO3.CH4O.CH4/c16-14-13-6-5-12(7-9(13)8-19-14)20-11-3-1-10(2-4-11)15(17)18;15-10-1-3-11(4-2-10)18-12-5-6-13-9(7-12)8-17-14(13)16;1-2;/h1-7,16H,8H2;1-7,16H,8,15H2;2H,1H3;1H4. The minimum atomic E-state index is -0.876. The molecule has 4 aromatic rings. The molecule has 2 heterocycles. The number of nitrogens with zero attached hydrogens (tertiary/aromatic N) is 1. The van der Waals surface area contributed by atoms with E-state index >= 15 is 0 Å². The number of anilines is 1. The maximum absolute atomic E-state index is 10.6. The molecular formula is C28H30B2N2O9. The molecule has 2 aliphatic rings. The van der Waals surface area contributed by atoms with Crippen molar-refractivity contribution in [1.29, 1.82) is 0 Å². The summed E-state index contributed by atoms with van der Waals surface area (Å²) in [5.74, 6) is 2.55. The van der Waals surface area contributed by atoms with Gasteiger partial charge in [-0.1, -0.05) is 19.6 Å². The molecule has 13 heteroatoms. The Hall–Kier alpha value is -4.39. The molecule has 2 aliphatic heterocycles. The molecule has 0 amide bonds.